The Bertz CT molecular complexity index is 865. The molecule has 0 aliphatic heterocycles. The molecule has 2 aromatic rings. The first-order valence-corrected chi connectivity index (χ1v) is 8.65. The lowest BCUT2D eigenvalue weighted by Crippen LogP contribution is -2.19. The normalized spacial score (nSPS) is 11.2. The number of hydrogen-bond acceptors (Lipinski definition) is 5. The van der Waals surface area contributed by atoms with Crippen LogP contribution in [0.2, 0.25) is 0 Å². The number of hydrogen-bond donors (Lipinski definition) is 0. The van der Waals surface area contributed by atoms with Gasteiger partial charge in [-0.15, -0.1) is 0 Å². The molecule has 0 N–H and O–H groups in total. The number of carbonyl (C=O) groups excluding carboxylic acids is 2. The molecule has 0 amide bonds. The molecule has 1 heterocycles. The van der Waals surface area contributed by atoms with Gasteiger partial charge in [-0.2, -0.15) is 13.2 Å². The second kappa shape index (κ2) is 8.41. The van der Waals surface area contributed by atoms with Crippen molar-refractivity contribution < 1.29 is 32.2 Å². The van der Waals surface area contributed by atoms with Gasteiger partial charge in [-0.05, 0) is 39.3 Å². The number of esters is 2. The van der Waals surface area contributed by atoms with Gasteiger partial charge < -0.3 is 9.47 Å². The lowest BCUT2D eigenvalue weighted by molar-refractivity contribution is -0.137. The van der Waals surface area contributed by atoms with Gasteiger partial charge in [0, 0.05) is 5.56 Å². The van der Waals surface area contributed by atoms with Crippen molar-refractivity contribution in [2.24, 2.45) is 0 Å². The minimum absolute atomic E-state index is 0.0151. The largest absolute Gasteiger partial charge is 0.462 e. The Morgan fingerprint density at radius 1 is 0.929 bits per heavy atom. The highest BCUT2D eigenvalue weighted by atomic mass is 19.4. The molecule has 0 spiro atoms. The van der Waals surface area contributed by atoms with E-state index in [0.29, 0.717) is 0 Å². The van der Waals surface area contributed by atoms with Crippen molar-refractivity contribution in [1.82, 2.24) is 4.98 Å². The maximum absolute atomic E-state index is 13.6. The number of rotatable bonds is 5. The number of benzene rings is 1. The van der Waals surface area contributed by atoms with E-state index in [2.05, 4.69) is 4.98 Å². The summed E-state index contributed by atoms with van der Waals surface area (Å²) in [5.41, 5.74) is -1.52. The fourth-order valence-corrected chi connectivity index (χ4v) is 2.97. The predicted molar refractivity (Wildman–Crippen MR) is 96.1 cm³/mol. The number of carbonyl (C=O) groups is 2. The highest BCUT2D eigenvalue weighted by molar-refractivity contribution is 6.07. The lowest BCUT2D eigenvalue weighted by atomic mass is 9.89. The summed E-state index contributed by atoms with van der Waals surface area (Å²) in [5.74, 6) is -1.71. The third-order valence-electron chi connectivity index (χ3n) is 4.02. The Balaban J connectivity index is 2.98. The van der Waals surface area contributed by atoms with Crippen molar-refractivity contribution in [2.45, 2.75) is 33.9 Å². The Morgan fingerprint density at radius 2 is 1.39 bits per heavy atom. The van der Waals surface area contributed by atoms with Gasteiger partial charge in [0.25, 0.3) is 0 Å². The van der Waals surface area contributed by atoms with Crippen molar-refractivity contribution in [1.29, 1.82) is 0 Å². The van der Waals surface area contributed by atoms with E-state index in [1.807, 2.05) is 0 Å². The van der Waals surface area contributed by atoms with Crippen LogP contribution in [0.15, 0.2) is 24.3 Å². The summed E-state index contributed by atoms with van der Waals surface area (Å²) in [6.45, 7) is 6.14. The summed E-state index contributed by atoms with van der Waals surface area (Å²) < 4.78 is 51.0. The highest BCUT2D eigenvalue weighted by Crippen LogP contribution is 2.41. The zero-order valence-corrected chi connectivity index (χ0v) is 15.9. The molecule has 0 saturated carbocycles. The number of ether oxygens (including phenoxy) is 2. The monoisotopic (exact) mass is 395 g/mol. The molecule has 0 atom stereocenters. The van der Waals surface area contributed by atoms with Gasteiger partial charge in [0.15, 0.2) is 0 Å². The average molecular weight is 395 g/mol. The molecule has 0 saturated heterocycles. The van der Waals surface area contributed by atoms with Crippen LogP contribution < -0.4 is 0 Å². The van der Waals surface area contributed by atoms with E-state index in [0.717, 1.165) is 6.07 Å². The third-order valence-corrected chi connectivity index (χ3v) is 4.02. The number of aromatic nitrogens is 1. The number of aryl methyl sites for hydroxylation is 2. The quantitative estimate of drug-likeness (QED) is 0.685. The molecular formula is C20H20F3NO4. The van der Waals surface area contributed by atoms with Crippen LogP contribution in [-0.4, -0.2) is 30.1 Å². The van der Waals surface area contributed by atoms with E-state index in [4.69, 9.17) is 9.47 Å². The molecule has 0 bridgehead atoms. The summed E-state index contributed by atoms with van der Waals surface area (Å²) in [5, 5.41) is 0. The van der Waals surface area contributed by atoms with Gasteiger partial charge in [-0.1, -0.05) is 18.2 Å². The summed E-state index contributed by atoms with van der Waals surface area (Å²) in [4.78, 5) is 29.3. The Hall–Kier alpha value is -2.90. The van der Waals surface area contributed by atoms with Crippen LogP contribution in [0.3, 0.4) is 0 Å². The zero-order chi connectivity index (χ0) is 21.1. The maximum atomic E-state index is 13.6. The van der Waals surface area contributed by atoms with Gasteiger partial charge in [-0.3, -0.25) is 4.98 Å². The van der Waals surface area contributed by atoms with E-state index in [1.165, 1.54) is 32.0 Å². The molecular weight excluding hydrogens is 375 g/mol. The van der Waals surface area contributed by atoms with Crippen LogP contribution in [0.4, 0.5) is 13.2 Å². The van der Waals surface area contributed by atoms with Crippen LogP contribution in [0.25, 0.3) is 11.1 Å². The van der Waals surface area contributed by atoms with Crippen LogP contribution in [-0.2, 0) is 15.7 Å². The number of alkyl halides is 3. The second-order valence-corrected chi connectivity index (χ2v) is 5.89. The van der Waals surface area contributed by atoms with Crippen molar-refractivity contribution in [2.75, 3.05) is 13.2 Å². The summed E-state index contributed by atoms with van der Waals surface area (Å²) in [6, 6.07) is 4.74. The molecule has 0 unspecified atom stereocenters. The predicted octanol–water partition coefficient (Wildman–Crippen LogP) is 4.74. The van der Waals surface area contributed by atoms with E-state index in [9.17, 15) is 22.8 Å². The molecule has 8 heteroatoms. The first-order chi connectivity index (χ1) is 13.1. The highest BCUT2D eigenvalue weighted by Gasteiger charge is 2.37. The molecule has 1 aromatic carbocycles. The van der Waals surface area contributed by atoms with Gasteiger partial charge in [0.1, 0.15) is 0 Å². The third kappa shape index (κ3) is 4.16. The molecule has 0 aliphatic carbocycles. The summed E-state index contributed by atoms with van der Waals surface area (Å²) in [7, 11) is 0. The van der Waals surface area contributed by atoms with Crippen LogP contribution in [0.5, 0.6) is 0 Å². The van der Waals surface area contributed by atoms with Gasteiger partial charge in [0.05, 0.1) is 41.3 Å². The van der Waals surface area contributed by atoms with Crippen molar-refractivity contribution >= 4 is 11.9 Å². The van der Waals surface area contributed by atoms with Gasteiger partial charge >= 0.3 is 18.1 Å². The summed E-state index contributed by atoms with van der Waals surface area (Å²) >= 11 is 0. The van der Waals surface area contributed by atoms with Gasteiger partial charge in [-0.25, -0.2) is 9.59 Å². The smallest absolute Gasteiger partial charge is 0.417 e. The molecule has 28 heavy (non-hydrogen) atoms. The van der Waals surface area contributed by atoms with Gasteiger partial charge in [0.2, 0.25) is 0 Å². The number of halogens is 3. The molecule has 5 nitrogen and oxygen atoms in total. The first kappa shape index (κ1) is 21.4. The summed E-state index contributed by atoms with van der Waals surface area (Å²) in [6.07, 6.45) is -4.69. The van der Waals surface area contributed by atoms with E-state index >= 15 is 0 Å². The molecule has 150 valence electrons. The fraction of sp³-hybridized carbons (Fsp3) is 0.350. The second-order valence-electron chi connectivity index (χ2n) is 5.89. The molecule has 2 rings (SSSR count). The molecule has 1 aromatic heterocycles. The minimum atomic E-state index is -4.69. The topological polar surface area (TPSA) is 65.5 Å². The van der Waals surface area contributed by atoms with Crippen LogP contribution in [0, 0.1) is 13.8 Å². The average Bonchev–Trinajstić information content (AvgIpc) is 2.60. The number of pyridine rings is 1. The minimum Gasteiger partial charge on any atom is -0.462 e. The molecule has 0 radical (unpaired) electrons. The fourth-order valence-electron chi connectivity index (χ4n) is 2.97. The van der Waals surface area contributed by atoms with E-state index in [-0.39, 0.29) is 46.9 Å². The van der Waals surface area contributed by atoms with Crippen LogP contribution in [0.1, 0.15) is 51.5 Å². The molecule has 0 aliphatic rings. The Labute approximate surface area is 160 Å². The van der Waals surface area contributed by atoms with Crippen molar-refractivity contribution in [3.8, 4) is 11.1 Å². The van der Waals surface area contributed by atoms with Crippen molar-refractivity contribution in [3.63, 3.8) is 0 Å². The van der Waals surface area contributed by atoms with Crippen molar-refractivity contribution in [3.05, 3.63) is 52.3 Å². The van der Waals surface area contributed by atoms with E-state index < -0.39 is 23.7 Å². The maximum Gasteiger partial charge on any atom is 0.417 e. The lowest BCUT2D eigenvalue weighted by Gasteiger charge is -2.20. The first-order valence-electron chi connectivity index (χ1n) is 8.65. The number of nitrogens with zero attached hydrogens (tertiary/aromatic N) is 1. The van der Waals surface area contributed by atoms with E-state index in [1.54, 1.807) is 13.8 Å². The zero-order valence-electron chi connectivity index (χ0n) is 15.9. The Morgan fingerprint density at radius 3 is 1.82 bits per heavy atom. The Kier molecular flexibility index (Phi) is 6.43. The molecule has 0 fully saturated rings. The SMILES string of the molecule is CCOC(=O)c1c(C)nc(C)c(C(=O)OCC)c1-c1ccccc1C(F)(F)F. The standard InChI is InChI=1S/C20H20F3NO4/c1-5-27-18(25)15-11(3)24-12(4)16(19(26)28-6-2)17(15)13-9-7-8-10-14(13)20(21,22)23/h7-10H,5-6H2,1-4H3. The van der Waals surface area contributed by atoms with Crippen LogP contribution >= 0.6 is 0 Å².